The average molecular weight is 427 g/mol. The number of benzene rings is 2. The minimum atomic E-state index is -0.0875. The van der Waals surface area contributed by atoms with E-state index in [-0.39, 0.29) is 5.91 Å². The molecule has 1 saturated heterocycles. The molecule has 2 heterocycles. The highest BCUT2D eigenvalue weighted by molar-refractivity contribution is 9.10. The van der Waals surface area contributed by atoms with Gasteiger partial charge in [0, 0.05) is 53.8 Å². The minimum absolute atomic E-state index is 0.0875. The second-order valence-corrected chi connectivity index (χ2v) is 7.93. The first-order valence-electron chi connectivity index (χ1n) is 9.18. The quantitative estimate of drug-likeness (QED) is 0.669. The van der Waals surface area contributed by atoms with Gasteiger partial charge in [0.1, 0.15) is 5.69 Å². The van der Waals surface area contributed by atoms with Crippen LogP contribution in [0.5, 0.6) is 0 Å². The highest BCUT2D eigenvalue weighted by Gasteiger charge is 2.17. The minimum Gasteiger partial charge on any atom is -0.369 e. The van der Waals surface area contributed by atoms with Crippen LogP contribution in [0.15, 0.2) is 53.0 Å². The van der Waals surface area contributed by atoms with Crippen molar-refractivity contribution in [3.8, 4) is 0 Å². The number of aromatic nitrogens is 1. The average Bonchev–Trinajstić information content (AvgIpc) is 3.10. The number of amides is 1. The summed E-state index contributed by atoms with van der Waals surface area (Å²) >= 11 is 3.46. The van der Waals surface area contributed by atoms with Gasteiger partial charge in [0.25, 0.3) is 5.91 Å². The predicted octanol–water partition coefficient (Wildman–Crippen LogP) is 3.61. The molecule has 2 N–H and O–H groups in total. The fourth-order valence-electron chi connectivity index (χ4n) is 3.51. The van der Waals surface area contributed by atoms with Crippen LogP contribution in [0.25, 0.3) is 10.9 Å². The Hall–Kier alpha value is -2.31. The van der Waals surface area contributed by atoms with Gasteiger partial charge in [0.15, 0.2) is 0 Å². The first-order chi connectivity index (χ1) is 13.1. The van der Waals surface area contributed by atoms with Crippen molar-refractivity contribution in [3.63, 3.8) is 0 Å². The molecule has 3 aromatic rings. The van der Waals surface area contributed by atoms with Crippen molar-refractivity contribution in [1.29, 1.82) is 0 Å². The molecule has 27 heavy (non-hydrogen) atoms. The highest BCUT2D eigenvalue weighted by Crippen LogP contribution is 2.23. The number of anilines is 1. The Kier molecular flexibility index (Phi) is 5.18. The number of halogens is 1. The molecule has 2 aromatic carbocycles. The second kappa shape index (κ2) is 7.74. The van der Waals surface area contributed by atoms with E-state index in [0.717, 1.165) is 47.1 Å². The molecule has 6 heteroatoms. The van der Waals surface area contributed by atoms with Crippen LogP contribution < -0.4 is 10.2 Å². The molecule has 0 aliphatic carbocycles. The van der Waals surface area contributed by atoms with E-state index < -0.39 is 0 Å². The maximum Gasteiger partial charge on any atom is 0.267 e. The standard InChI is InChI=1S/C21H23BrN4O/c1-25-8-10-26(11-9-25)20-5-3-2-4-16(20)14-23-21(27)19-12-15-6-7-17(22)13-18(15)24-19/h2-7,12-13,24H,8-11,14H2,1H3,(H,23,27). The Morgan fingerprint density at radius 1 is 1.11 bits per heavy atom. The number of para-hydroxylation sites is 1. The van der Waals surface area contributed by atoms with Gasteiger partial charge < -0.3 is 20.1 Å². The van der Waals surface area contributed by atoms with Crippen molar-refractivity contribution in [2.75, 3.05) is 38.1 Å². The molecule has 0 atom stereocenters. The fraction of sp³-hybridized carbons (Fsp3) is 0.286. The second-order valence-electron chi connectivity index (χ2n) is 7.02. The lowest BCUT2D eigenvalue weighted by atomic mass is 10.1. The van der Waals surface area contributed by atoms with Gasteiger partial charge in [-0.1, -0.05) is 40.2 Å². The lowest BCUT2D eigenvalue weighted by Crippen LogP contribution is -2.45. The number of nitrogens with one attached hydrogen (secondary N) is 2. The molecule has 0 spiro atoms. The number of H-pyrrole nitrogens is 1. The molecule has 4 rings (SSSR count). The summed E-state index contributed by atoms with van der Waals surface area (Å²) in [6, 6.07) is 16.2. The lowest BCUT2D eigenvalue weighted by molar-refractivity contribution is 0.0947. The van der Waals surface area contributed by atoms with Crippen LogP contribution in [0.4, 0.5) is 5.69 Å². The normalized spacial score (nSPS) is 15.3. The number of carbonyl (C=O) groups is 1. The largest absolute Gasteiger partial charge is 0.369 e. The Morgan fingerprint density at radius 2 is 1.89 bits per heavy atom. The number of rotatable bonds is 4. The topological polar surface area (TPSA) is 51.4 Å². The van der Waals surface area contributed by atoms with E-state index in [2.05, 4.69) is 61.3 Å². The van der Waals surface area contributed by atoms with Crippen LogP contribution in [0.3, 0.4) is 0 Å². The maximum absolute atomic E-state index is 12.6. The SMILES string of the molecule is CN1CCN(c2ccccc2CNC(=O)c2cc3ccc(Br)cc3[nH]2)CC1. The van der Waals surface area contributed by atoms with Crippen molar-refractivity contribution in [1.82, 2.24) is 15.2 Å². The summed E-state index contributed by atoms with van der Waals surface area (Å²) in [5.74, 6) is -0.0875. The van der Waals surface area contributed by atoms with Gasteiger partial charge in [-0.15, -0.1) is 0 Å². The fourth-order valence-corrected chi connectivity index (χ4v) is 3.87. The molecule has 1 aliphatic rings. The van der Waals surface area contributed by atoms with Gasteiger partial charge in [-0.25, -0.2) is 0 Å². The zero-order valence-corrected chi connectivity index (χ0v) is 16.9. The van der Waals surface area contributed by atoms with E-state index in [1.165, 1.54) is 5.69 Å². The molecule has 1 aliphatic heterocycles. The van der Waals surface area contributed by atoms with Gasteiger partial charge in [0.2, 0.25) is 0 Å². The van der Waals surface area contributed by atoms with E-state index in [0.29, 0.717) is 12.2 Å². The summed E-state index contributed by atoms with van der Waals surface area (Å²) in [5.41, 5.74) is 3.90. The molecule has 0 radical (unpaired) electrons. The number of hydrogen-bond donors (Lipinski definition) is 2. The summed E-state index contributed by atoms with van der Waals surface area (Å²) in [5, 5.41) is 4.09. The highest BCUT2D eigenvalue weighted by atomic mass is 79.9. The summed E-state index contributed by atoms with van der Waals surface area (Å²) in [7, 11) is 2.16. The molecular formula is C21H23BrN4O. The summed E-state index contributed by atoms with van der Waals surface area (Å²) in [4.78, 5) is 20.6. The van der Waals surface area contributed by atoms with Crippen molar-refractivity contribution >= 4 is 38.4 Å². The van der Waals surface area contributed by atoms with Gasteiger partial charge in [0.05, 0.1) is 0 Å². The number of piperazine rings is 1. The third-order valence-electron chi connectivity index (χ3n) is 5.10. The monoisotopic (exact) mass is 426 g/mol. The van der Waals surface area contributed by atoms with E-state index in [1.54, 1.807) is 0 Å². The number of fused-ring (bicyclic) bond motifs is 1. The number of nitrogens with zero attached hydrogens (tertiary/aromatic N) is 2. The Bertz CT molecular complexity index is 960. The van der Waals surface area contributed by atoms with E-state index >= 15 is 0 Å². The lowest BCUT2D eigenvalue weighted by Gasteiger charge is -2.35. The Balaban J connectivity index is 1.47. The van der Waals surface area contributed by atoms with Crippen LogP contribution in [0.2, 0.25) is 0 Å². The molecule has 1 aromatic heterocycles. The van der Waals surface area contributed by atoms with Crippen LogP contribution in [-0.4, -0.2) is 49.0 Å². The molecule has 5 nitrogen and oxygen atoms in total. The number of hydrogen-bond acceptors (Lipinski definition) is 3. The number of carbonyl (C=O) groups excluding carboxylic acids is 1. The first kappa shape index (κ1) is 18.1. The van der Waals surface area contributed by atoms with Gasteiger partial charge in [-0.05, 0) is 36.9 Å². The predicted molar refractivity (Wildman–Crippen MR) is 113 cm³/mol. The molecule has 1 amide bonds. The van der Waals surface area contributed by atoms with Crippen molar-refractivity contribution in [3.05, 3.63) is 64.3 Å². The molecule has 1 fully saturated rings. The zero-order valence-electron chi connectivity index (χ0n) is 15.3. The van der Waals surface area contributed by atoms with Gasteiger partial charge in [-0.3, -0.25) is 4.79 Å². The van der Waals surface area contributed by atoms with E-state index in [9.17, 15) is 4.79 Å². The smallest absolute Gasteiger partial charge is 0.267 e. The maximum atomic E-state index is 12.6. The summed E-state index contributed by atoms with van der Waals surface area (Å²) in [6.45, 7) is 4.66. The molecule has 0 saturated carbocycles. The van der Waals surface area contributed by atoms with Crippen LogP contribution in [-0.2, 0) is 6.54 Å². The summed E-state index contributed by atoms with van der Waals surface area (Å²) < 4.78 is 0.991. The first-order valence-corrected chi connectivity index (χ1v) is 9.97. The number of aromatic amines is 1. The van der Waals surface area contributed by atoms with Crippen molar-refractivity contribution in [2.45, 2.75) is 6.54 Å². The van der Waals surface area contributed by atoms with E-state index in [1.807, 2.05) is 30.3 Å². The molecule has 0 unspecified atom stereocenters. The summed E-state index contributed by atoms with van der Waals surface area (Å²) in [6.07, 6.45) is 0. The van der Waals surface area contributed by atoms with E-state index in [4.69, 9.17) is 0 Å². The molecule has 0 bridgehead atoms. The third-order valence-corrected chi connectivity index (χ3v) is 5.60. The van der Waals surface area contributed by atoms with Gasteiger partial charge >= 0.3 is 0 Å². The van der Waals surface area contributed by atoms with Crippen molar-refractivity contribution < 1.29 is 4.79 Å². The third kappa shape index (κ3) is 4.01. The van der Waals surface area contributed by atoms with Crippen molar-refractivity contribution in [2.24, 2.45) is 0 Å². The van der Waals surface area contributed by atoms with Crippen LogP contribution >= 0.6 is 15.9 Å². The zero-order chi connectivity index (χ0) is 18.8. The Labute approximate surface area is 167 Å². The Morgan fingerprint density at radius 3 is 2.70 bits per heavy atom. The molecular weight excluding hydrogens is 404 g/mol. The van der Waals surface area contributed by atoms with Crippen LogP contribution in [0.1, 0.15) is 16.1 Å². The van der Waals surface area contributed by atoms with Crippen LogP contribution in [0, 0.1) is 0 Å². The molecule has 140 valence electrons. The van der Waals surface area contributed by atoms with Gasteiger partial charge in [-0.2, -0.15) is 0 Å². The number of likely N-dealkylation sites (N-methyl/N-ethyl adjacent to an activating group) is 1.